The van der Waals surface area contributed by atoms with Crippen molar-refractivity contribution in [3.8, 4) is 0 Å². The smallest absolute Gasteiger partial charge is 0.252 e. The summed E-state index contributed by atoms with van der Waals surface area (Å²) in [6.45, 7) is 0.137. The van der Waals surface area contributed by atoms with Crippen LogP contribution < -0.4 is 5.32 Å². The van der Waals surface area contributed by atoms with Gasteiger partial charge in [0, 0.05) is 28.1 Å². The standard InChI is InChI=1S/C13H12ClNO2S/c14-11-4-2-1-3-10(11)12(16)7-15-13(17)9-5-6-18-8-9/h1-6,8,12,16H,7H2,(H,15,17). The molecule has 0 saturated heterocycles. The fourth-order valence-corrected chi connectivity index (χ4v) is 2.44. The molecule has 1 unspecified atom stereocenters. The second-order valence-electron chi connectivity index (χ2n) is 3.76. The number of carbonyl (C=O) groups is 1. The molecule has 18 heavy (non-hydrogen) atoms. The highest BCUT2D eigenvalue weighted by Crippen LogP contribution is 2.21. The van der Waals surface area contributed by atoms with Crippen LogP contribution in [0.3, 0.4) is 0 Å². The molecule has 5 heteroatoms. The summed E-state index contributed by atoms with van der Waals surface area (Å²) in [4.78, 5) is 11.7. The predicted octanol–water partition coefficient (Wildman–Crippen LogP) is 2.86. The number of amides is 1. The summed E-state index contributed by atoms with van der Waals surface area (Å²) in [7, 11) is 0. The van der Waals surface area contributed by atoms with Crippen molar-refractivity contribution in [1.29, 1.82) is 0 Å². The van der Waals surface area contributed by atoms with Crippen molar-refractivity contribution in [3.63, 3.8) is 0 Å². The minimum atomic E-state index is -0.804. The van der Waals surface area contributed by atoms with Gasteiger partial charge in [0.25, 0.3) is 5.91 Å². The van der Waals surface area contributed by atoms with E-state index in [0.29, 0.717) is 16.1 Å². The molecule has 0 radical (unpaired) electrons. The quantitative estimate of drug-likeness (QED) is 0.905. The molecule has 0 saturated carbocycles. The number of rotatable bonds is 4. The maximum absolute atomic E-state index is 11.7. The first-order valence-electron chi connectivity index (χ1n) is 5.41. The number of hydrogen-bond acceptors (Lipinski definition) is 3. The van der Waals surface area contributed by atoms with Gasteiger partial charge in [-0.1, -0.05) is 29.8 Å². The summed E-state index contributed by atoms with van der Waals surface area (Å²) in [5.74, 6) is -0.192. The van der Waals surface area contributed by atoms with Crippen molar-refractivity contribution in [2.24, 2.45) is 0 Å². The maximum atomic E-state index is 11.7. The van der Waals surface area contributed by atoms with Gasteiger partial charge in [-0.05, 0) is 17.5 Å². The number of thiophene rings is 1. The highest BCUT2D eigenvalue weighted by atomic mass is 35.5. The Hall–Kier alpha value is -1.36. The third kappa shape index (κ3) is 3.10. The molecule has 1 amide bonds. The van der Waals surface area contributed by atoms with Crippen LogP contribution in [-0.2, 0) is 0 Å². The number of benzene rings is 1. The molecule has 94 valence electrons. The van der Waals surface area contributed by atoms with E-state index in [1.165, 1.54) is 11.3 Å². The lowest BCUT2D eigenvalue weighted by atomic mass is 10.1. The molecule has 0 bridgehead atoms. The minimum Gasteiger partial charge on any atom is -0.387 e. The first-order valence-corrected chi connectivity index (χ1v) is 6.73. The summed E-state index contributed by atoms with van der Waals surface area (Å²) in [6, 6.07) is 8.78. The Morgan fingerprint density at radius 2 is 2.17 bits per heavy atom. The van der Waals surface area contributed by atoms with E-state index >= 15 is 0 Å². The molecule has 2 N–H and O–H groups in total. The molecule has 0 aliphatic rings. The van der Waals surface area contributed by atoms with Crippen LogP contribution in [0, 0.1) is 0 Å². The number of aliphatic hydroxyl groups excluding tert-OH is 1. The normalized spacial score (nSPS) is 12.1. The van der Waals surface area contributed by atoms with Gasteiger partial charge in [-0.15, -0.1) is 0 Å². The van der Waals surface area contributed by atoms with Crippen LogP contribution >= 0.6 is 22.9 Å². The van der Waals surface area contributed by atoms with Crippen molar-refractivity contribution in [2.75, 3.05) is 6.54 Å². The minimum absolute atomic E-state index is 0.137. The van der Waals surface area contributed by atoms with E-state index in [2.05, 4.69) is 5.32 Å². The Morgan fingerprint density at radius 1 is 1.39 bits per heavy atom. The molecule has 1 heterocycles. The predicted molar refractivity (Wildman–Crippen MR) is 73.1 cm³/mol. The Bertz CT molecular complexity index is 528. The van der Waals surface area contributed by atoms with Gasteiger partial charge in [0.15, 0.2) is 0 Å². The summed E-state index contributed by atoms with van der Waals surface area (Å²) in [5, 5.41) is 16.7. The topological polar surface area (TPSA) is 49.3 Å². The van der Waals surface area contributed by atoms with Crippen molar-refractivity contribution in [3.05, 3.63) is 57.2 Å². The van der Waals surface area contributed by atoms with E-state index in [0.717, 1.165) is 0 Å². The molecule has 2 aromatic rings. The molecule has 0 spiro atoms. The first-order chi connectivity index (χ1) is 8.68. The van der Waals surface area contributed by atoms with Gasteiger partial charge in [-0.2, -0.15) is 11.3 Å². The lowest BCUT2D eigenvalue weighted by Gasteiger charge is -2.13. The monoisotopic (exact) mass is 281 g/mol. The van der Waals surface area contributed by atoms with Gasteiger partial charge in [0.2, 0.25) is 0 Å². The maximum Gasteiger partial charge on any atom is 0.252 e. The van der Waals surface area contributed by atoms with Crippen LogP contribution in [0.15, 0.2) is 41.1 Å². The van der Waals surface area contributed by atoms with E-state index in [1.807, 2.05) is 5.38 Å². The molecule has 1 aromatic carbocycles. The fraction of sp³-hybridized carbons (Fsp3) is 0.154. The van der Waals surface area contributed by atoms with E-state index in [-0.39, 0.29) is 12.5 Å². The third-order valence-electron chi connectivity index (χ3n) is 2.50. The molecule has 0 aliphatic carbocycles. The molecule has 3 nitrogen and oxygen atoms in total. The van der Waals surface area contributed by atoms with Gasteiger partial charge < -0.3 is 10.4 Å². The lowest BCUT2D eigenvalue weighted by molar-refractivity contribution is 0.0917. The van der Waals surface area contributed by atoms with Gasteiger partial charge >= 0.3 is 0 Å². The molecule has 0 aliphatic heterocycles. The largest absolute Gasteiger partial charge is 0.387 e. The number of aliphatic hydroxyl groups is 1. The zero-order valence-corrected chi connectivity index (χ0v) is 11.0. The van der Waals surface area contributed by atoms with Crippen molar-refractivity contribution >= 4 is 28.8 Å². The zero-order chi connectivity index (χ0) is 13.0. The zero-order valence-electron chi connectivity index (χ0n) is 9.47. The average molecular weight is 282 g/mol. The van der Waals surface area contributed by atoms with Gasteiger partial charge in [0.1, 0.15) is 0 Å². The van der Waals surface area contributed by atoms with Crippen molar-refractivity contribution in [1.82, 2.24) is 5.32 Å². The summed E-state index contributed by atoms with van der Waals surface area (Å²) >= 11 is 7.42. The number of carbonyl (C=O) groups excluding carboxylic acids is 1. The number of halogens is 1. The third-order valence-corrected chi connectivity index (χ3v) is 3.53. The number of nitrogens with one attached hydrogen (secondary N) is 1. The fourth-order valence-electron chi connectivity index (χ4n) is 1.54. The summed E-state index contributed by atoms with van der Waals surface area (Å²) in [6.07, 6.45) is -0.804. The van der Waals surface area contributed by atoms with Crippen LogP contribution in [0.4, 0.5) is 0 Å². The van der Waals surface area contributed by atoms with Gasteiger partial charge in [0.05, 0.1) is 6.10 Å². The molecule has 1 aromatic heterocycles. The lowest BCUT2D eigenvalue weighted by Crippen LogP contribution is -2.28. The van der Waals surface area contributed by atoms with E-state index in [9.17, 15) is 9.90 Å². The van der Waals surface area contributed by atoms with Gasteiger partial charge in [-0.3, -0.25) is 4.79 Å². The van der Waals surface area contributed by atoms with Crippen molar-refractivity contribution < 1.29 is 9.90 Å². The van der Waals surface area contributed by atoms with Crippen LogP contribution in [0.2, 0.25) is 5.02 Å². The molecule has 0 fully saturated rings. The Kier molecular flexibility index (Phi) is 4.36. The second kappa shape index (κ2) is 6.00. The number of hydrogen-bond donors (Lipinski definition) is 2. The summed E-state index contributed by atoms with van der Waals surface area (Å²) < 4.78 is 0. The SMILES string of the molecule is O=C(NCC(O)c1ccccc1Cl)c1ccsc1. The van der Waals surface area contributed by atoms with E-state index < -0.39 is 6.10 Å². The highest BCUT2D eigenvalue weighted by molar-refractivity contribution is 7.08. The molecular weight excluding hydrogens is 270 g/mol. The Labute approximate surface area is 114 Å². The Balaban J connectivity index is 1.95. The van der Waals surface area contributed by atoms with Crippen molar-refractivity contribution in [2.45, 2.75) is 6.10 Å². The van der Waals surface area contributed by atoms with Gasteiger partial charge in [-0.25, -0.2) is 0 Å². The van der Waals surface area contributed by atoms with Crippen LogP contribution in [-0.4, -0.2) is 17.6 Å². The second-order valence-corrected chi connectivity index (χ2v) is 4.95. The summed E-state index contributed by atoms with van der Waals surface area (Å²) in [5.41, 5.74) is 1.22. The average Bonchev–Trinajstić information content (AvgIpc) is 2.90. The molecular formula is C13H12ClNO2S. The van der Waals surface area contributed by atoms with E-state index in [4.69, 9.17) is 11.6 Å². The molecule has 1 atom stereocenters. The van der Waals surface area contributed by atoms with Crippen LogP contribution in [0.25, 0.3) is 0 Å². The van der Waals surface area contributed by atoms with Crippen LogP contribution in [0.1, 0.15) is 22.0 Å². The van der Waals surface area contributed by atoms with Crippen LogP contribution in [0.5, 0.6) is 0 Å². The Morgan fingerprint density at radius 3 is 2.83 bits per heavy atom. The van der Waals surface area contributed by atoms with E-state index in [1.54, 1.807) is 35.7 Å². The first kappa shape index (κ1) is 13.1. The highest BCUT2D eigenvalue weighted by Gasteiger charge is 2.13. The molecule has 2 rings (SSSR count).